The summed E-state index contributed by atoms with van der Waals surface area (Å²) in [6.07, 6.45) is 1.77. The normalized spacial score (nSPS) is 11.3. The van der Waals surface area contributed by atoms with Gasteiger partial charge in [-0.3, -0.25) is 4.98 Å². The van der Waals surface area contributed by atoms with Crippen LogP contribution >= 0.6 is 0 Å². The van der Waals surface area contributed by atoms with Crippen molar-refractivity contribution < 1.29 is 26.7 Å². The molecule has 2 heterocycles. The first-order valence-corrected chi connectivity index (χ1v) is 5.73. The molecule has 3 aromatic rings. The molecule has 0 spiro atoms. The van der Waals surface area contributed by atoms with Gasteiger partial charge in [0.05, 0.1) is 23.7 Å². The number of nitrogens with one attached hydrogen (secondary N) is 1. The van der Waals surface area contributed by atoms with Gasteiger partial charge in [-0.25, -0.2) is 23.5 Å². The van der Waals surface area contributed by atoms with Crippen molar-refractivity contribution in [3.05, 3.63) is 40.6 Å². The maximum absolute atomic E-state index is 14.0. The van der Waals surface area contributed by atoms with Crippen LogP contribution in [0.15, 0.2) is 27.7 Å². The van der Waals surface area contributed by atoms with Crippen LogP contribution in [0.1, 0.15) is 0 Å². The second-order valence-corrected chi connectivity index (χ2v) is 4.05. The minimum absolute atomic E-state index is 0.146. The van der Waals surface area contributed by atoms with Crippen molar-refractivity contribution in [3.63, 3.8) is 0 Å². The minimum Gasteiger partial charge on any atom is -0.415 e. The molecule has 1 aromatic carbocycles. The second-order valence-electron chi connectivity index (χ2n) is 4.05. The van der Waals surface area contributed by atoms with Crippen LogP contribution in [0, 0.1) is 11.6 Å². The molecule has 0 bridgehead atoms. The predicted molar refractivity (Wildman–Crippen MR) is 64.4 cm³/mol. The number of benzene rings is 1. The van der Waals surface area contributed by atoms with Gasteiger partial charge in [0, 0.05) is 6.07 Å². The van der Waals surface area contributed by atoms with Gasteiger partial charge in [-0.15, -0.1) is 0 Å². The van der Waals surface area contributed by atoms with Gasteiger partial charge < -0.3 is 9.15 Å². The third-order valence-electron chi connectivity index (χ3n) is 2.70. The highest BCUT2D eigenvalue weighted by Gasteiger charge is 2.20. The van der Waals surface area contributed by atoms with Crippen molar-refractivity contribution in [1.82, 2.24) is 15.0 Å². The highest BCUT2D eigenvalue weighted by molar-refractivity contribution is 5.89. The number of H-pyrrole nitrogens is 1. The third-order valence-corrected chi connectivity index (χ3v) is 2.70. The van der Waals surface area contributed by atoms with Crippen LogP contribution in [-0.2, 0) is 0 Å². The van der Waals surface area contributed by atoms with Crippen molar-refractivity contribution in [2.75, 3.05) is 0 Å². The topological polar surface area (TPSA) is 81.0 Å². The molecule has 114 valence electrons. The lowest BCUT2D eigenvalue weighted by Gasteiger charge is -2.05. The lowest BCUT2D eigenvalue weighted by atomic mass is 10.1. The molecule has 0 unspecified atom stereocenters. The molecule has 22 heavy (non-hydrogen) atoms. The van der Waals surface area contributed by atoms with Crippen molar-refractivity contribution >= 4 is 11.1 Å². The molecule has 0 aliphatic rings. The molecule has 0 saturated heterocycles. The van der Waals surface area contributed by atoms with E-state index in [1.807, 2.05) is 0 Å². The zero-order chi connectivity index (χ0) is 15.9. The smallest absolute Gasteiger partial charge is 0.415 e. The Labute approximate surface area is 118 Å². The Morgan fingerprint density at radius 1 is 1.18 bits per heavy atom. The van der Waals surface area contributed by atoms with Crippen LogP contribution in [0.5, 0.6) is 5.88 Å². The van der Waals surface area contributed by atoms with E-state index in [9.17, 15) is 22.4 Å². The van der Waals surface area contributed by atoms with E-state index in [2.05, 4.69) is 19.7 Å². The van der Waals surface area contributed by atoms with Crippen LogP contribution in [0.2, 0.25) is 0 Å². The third kappa shape index (κ3) is 2.38. The molecule has 0 radical (unpaired) electrons. The quantitative estimate of drug-likeness (QED) is 0.751. The molecule has 0 amide bonds. The molecular formula is C12H5F4N3O3. The van der Waals surface area contributed by atoms with Gasteiger partial charge >= 0.3 is 12.4 Å². The molecule has 3 rings (SSSR count). The number of ether oxygens (including phenoxy) is 1. The fourth-order valence-corrected chi connectivity index (χ4v) is 1.87. The van der Waals surface area contributed by atoms with Crippen LogP contribution in [-0.4, -0.2) is 21.6 Å². The molecule has 0 saturated carbocycles. The van der Waals surface area contributed by atoms with E-state index in [1.165, 1.54) is 0 Å². The number of alkyl halides is 2. The Hall–Kier alpha value is -2.91. The Bertz CT molecular complexity index is 889. The second kappa shape index (κ2) is 5.13. The van der Waals surface area contributed by atoms with E-state index in [4.69, 9.17) is 4.42 Å². The van der Waals surface area contributed by atoms with Crippen molar-refractivity contribution in [3.8, 4) is 17.1 Å². The summed E-state index contributed by atoms with van der Waals surface area (Å²) in [5.74, 6) is -3.53. The Morgan fingerprint density at radius 2 is 1.95 bits per heavy atom. The number of fused-ring (bicyclic) bond motifs is 1. The number of hydrogen-bond acceptors (Lipinski definition) is 5. The van der Waals surface area contributed by atoms with Gasteiger partial charge in [0.1, 0.15) is 11.3 Å². The van der Waals surface area contributed by atoms with E-state index in [1.54, 1.807) is 0 Å². The molecule has 2 aromatic heterocycles. The zero-order valence-electron chi connectivity index (χ0n) is 10.4. The summed E-state index contributed by atoms with van der Waals surface area (Å²) in [7, 11) is 0. The summed E-state index contributed by atoms with van der Waals surface area (Å²) in [6.45, 7) is -3.09. The average molecular weight is 315 g/mol. The monoisotopic (exact) mass is 315 g/mol. The first-order valence-electron chi connectivity index (χ1n) is 5.73. The number of hydrogen-bond donors (Lipinski definition) is 1. The molecule has 0 fully saturated rings. The Morgan fingerprint density at radius 3 is 2.59 bits per heavy atom. The lowest BCUT2D eigenvalue weighted by molar-refractivity contribution is -0.0530. The standard InChI is InChI=1S/C12H5F4N3O3/c13-4-1-5(14)9-10(22-12(20)19-9)8(4)6-2-18-7(3-17-6)21-11(15)16/h1-3,11H,(H,19,20). The SMILES string of the molecule is O=c1[nH]c2c(F)cc(F)c(-c3cnc(OC(F)F)cn3)c2o1. The fraction of sp³-hybridized carbons (Fsp3) is 0.0833. The number of rotatable bonds is 3. The summed E-state index contributed by atoms with van der Waals surface area (Å²) in [4.78, 5) is 20.4. The first kappa shape index (κ1) is 14.0. The van der Waals surface area contributed by atoms with Crippen LogP contribution in [0.4, 0.5) is 17.6 Å². The molecule has 10 heteroatoms. The number of aromatic amines is 1. The first-order chi connectivity index (χ1) is 10.5. The lowest BCUT2D eigenvalue weighted by Crippen LogP contribution is -2.04. The average Bonchev–Trinajstić information content (AvgIpc) is 2.82. The van der Waals surface area contributed by atoms with Gasteiger partial charge in [-0.2, -0.15) is 8.78 Å². The van der Waals surface area contributed by atoms with Crippen molar-refractivity contribution in [1.29, 1.82) is 0 Å². The maximum Gasteiger partial charge on any atom is 0.417 e. The summed E-state index contributed by atoms with van der Waals surface area (Å²) in [6, 6.07) is 0.536. The number of aromatic nitrogens is 3. The maximum atomic E-state index is 14.0. The minimum atomic E-state index is -3.09. The summed E-state index contributed by atoms with van der Waals surface area (Å²) in [5, 5.41) is 0. The van der Waals surface area contributed by atoms with Crippen LogP contribution in [0.3, 0.4) is 0 Å². The largest absolute Gasteiger partial charge is 0.417 e. The van der Waals surface area contributed by atoms with Gasteiger partial charge in [-0.1, -0.05) is 0 Å². The van der Waals surface area contributed by atoms with Crippen molar-refractivity contribution in [2.45, 2.75) is 6.61 Å². The summed E-state index contributed by atoms with van der Waals surface area (Å²) in [5.41, 5.74) is -1.20. The van der Waals surface area contributed by atoms with E-state index in [0.717, 1.165) is 12.4 Å². The molecule has 0 atom stereocenters. The van der Waals surface area contributed by atoms with E-state index in [-0.39, 0.29) is 22.4 Å². The zero-order valence-corrected chi connectivity index (χ0v) is 10.4. The van der Waals surface area contributed by atoms with E-state index in [0.29, 0.717) is 6.07 Å². The summed E-state index contributed by atoms with van der Waals surface area (Å²) < 4.78 is 60.2. The van der Waals surface area contributed by atoms with Crippen molar-refractivity contribution in [2.24, 2.45) is 0 Å². The number of halogens is 4. The number of nitrogens with zero attached hydrogens (tertiary/aromatic N) is 2. The molecule has 6 nitrogen and oxygen atoms in total. The van der Waals surface area contributed by atoms with Gasteiger partial charge in [0.25, 0.3) is 0 Å². The predicted octanol–water partition coefficient (Wildman–Crippen LogP) is 2.46. The Kier molecular flexibility index (Phi) is 3.28. The highest BCUT2D eigenvalue weighted by Crippen LogP contribution is 2.30. The van der Waals surface area contributed by atoms with Gasteiger partial charge in [0.2, 0.25) is 5.88 Å². The summed E-state index contributed by atoms with van der Waals surface area (Å²) >= 11 is 0. The molecular weight excluding hydrogens is 310 g/mol. The molecule has 0 aliphatic heterocycles. The van der Waals surface area contributed by atoms with Gasteiger partial charge in [0.15, 0.2) is 11.4 Å². The number of oxazole rings is 1. The Balaban J connectivity index is 2.15. The molecule has 0 aliphatic carbocycles. The van der Waals surface area contributed by atoms with E-state index >= 15 is 0 Å². The highest BCUT2D eigenvalue weighted by atomic mass is 19.3. The van der Waals surface area contributed by atoms with Crippen LogP contribution < -0.4 is 10.5 Å². The van der Waals surface area contributed by atoms with Gasteiger partial charge in [-0.05, 0) is 0 Å². The van der Waals surface area contributed by atoms with E-state index < -0.39 is 29.9 Å². The fourth-order valence-electron chi connectivity index (χ4n) is 1.87. The molecule has 1 N–H and O–H groups in total. The van der Waals surface area contributed by atoms with Crippen LogP contribution in [0.25, 0.3) is 22.4 Å².